The molecule has 0 spiro atoms. The van der Waals surface area contributed by atoms with Crippen molar-refractivity contribution in [3.8, 4) is 0 Å². The standard InChI is InChI=1S/2C12H15NO2.2CH4/c2*1-6(2)13-11(14)9-7-3-4-8(5-7)10(9)12(13)15;;/h2*3-4,6-10H,5H2,1-2H3;2*1H4/t7-,8+,9+,10-;;;. The molecule has 4 aliphatic carbocycles. The lowest BCUT2D eigenvalue weighted by atomic mass is 9.85. The Bertz CT molecular complexity index is 756. The first-order valence-corrected chi connectivity index (χ1v) is 11.3. The van der Waals surface area contributed by atoms with Gasteiger partial charge in [0, 0.05) is 12.1 Å². The van der Waals surface area contributed by atoms with Crippen molar-refractivity contribution in [2.24, 2.45) is 47.3 Å². The van der Waals surface area contributed by atoms with Crippen molar-refractivity contribution in [2.75, 3.05) is 0 Å². The summed E-state index contributed by atoms with van der Waals surface area (Å²) in [6, 6.07) is 0.0185. The lowest BCUT2D eigenvalue weighted by Crippen LogP contribution is -2.38. The van der Waals surface area contributed by atoms with E-state index < -0.39 is 0 Å². The second kappa shape index (κ2) is 8.27. The lowest BCUT2D eigenvalue weighted by Gasteiger charge is -2.20. The third-order valence-electron chi connectivity index (χ3n) is 8.04. The van der Waals surface area contributed by atoms with E-state index in [1.807, 2.05) is 27.7 Å². The minimum absolute atomic E-state index is 0. The smallest absolute Gasteiger partial charge is 0.233 e. The number of rotatable bonds is 2. The Labute approximate surface area is 192 Å². The molecule has 0 radical (unpaired) electrons. The van der Waals surface area contributed by atoms with E-state index in [9.17, 15) is 19.2 Å². The summed E-state index contributed by atoms with van der Waals surface area (Å²) in [6.07, 6.45) is 10.5. The molecule has 4 bridgehead atoms. The maximum atomic E-state index is 12.1. The van der Waals surface area contributed by atoms with E-state index in [0.717, 1.165) is 12.8 Å². The summed E-state index contributed by atoms with van der Waals surface area (Å²) in [5, 5.41) is 0. The van der Waals surface area contributed by atoms with Gasteiger partial charge in [-0.15, -0.1) is 0 Å². The summed E-state index contributed by atoms with van der Waals surface area (Å²) in [5.41, 5.74) is 0. The van der Waals surface area contributed by atoms with Gasteiger partial charge in [-0.1, -0.05) is 39.2 Å². The van der Waals surface area contributed by atoms with Crippen molar-refractivity contribution in [1.29, 1.82) is 0 Å². The Morgan fingerprint density at radius 1 is 0.562 bits per heavy atom. The van der Waals surface area contributed by atoms with E-state index in [1.54, 1.807) is 0 Å². The first-order chi connectivity index (χ1) is 14.2. The highest BCUT2D eigenvalue weighted by molar-refractivity contribution is 6.07. The van der Waals surface area contributed by atoms with E-state index in [-0.39, 0.29) is 74.2 Å². The number of allylic oxidation sites excluding steroid dienone is 4. The van der Waals surface area contributed by atoms with E-state index >= 15 is 0 Å². The highest BCUT2D eigenvalue weighted by atomic mass is 16.2. The van der Waals surface area contributed by atoms with Crippen LogP contribution >= 0.6 is 0 Å². The molecule has 6 heteroatoms. The van der Waals surface area contributed by atoms with Gasteiger partial charge in [0.15, 0.2) is 0 Å². The maximum absolute atomic E-state index is 12.1. The van der Waals surface area contributed by atoms with Crippen molar-refractivity contribution >= 4 is 23.6 Å². The van der Waals surface area contributed by atoms with E-state index in [0.29, 0.717) is 23.7 Å². The molecule has 0 aromatic heterocycles. The van der Waals surface area contributed by atoms with Crippen LogP contribution in [0.4, 0.5) is 0 Å². The fraction of sp³-hybridized carbons (Fsp3) is 0.692. The molecule has 4 unspecified atom stereocenters. The SMILES string of the molecule is C.C.CC(C)N1C(=O)C2C3C=CC(C3)C2C1=O.CC(C)N1C(=O)[C@@H]2[C@H](C1=O)[C@H]1C=C[C@@H]2C1. The summed E-state index contributed by atoms with van der Waals surface area (Å²) in [6.45, 7) is 7.64. The highest BCUT2D eigenvalue weighted by Crippen LogP contribution is 2.53. The van der Waals surface area contributed by atoms with Gasteiger partial charge < -0.3 is 0 Å². The number of carbonyl (C=O) groups excluding carboxylic acids is 4. The van der Waals surface area contributed by atoms with Gasteiger partial charge in [0.2, 0.25) is 23.6 Å². The van der Waals surface area contributed by atoms with Crippen molar-refractivity contribution in [2.45, 2.75) is 67.5 Å². The topological polar surface area (TPSA) is 74.8 Å². The minimum atomic E-state index is -0.0325. The Morgan fingerprint density at radius 3 is 0.969 bits per heavy atom. The molecule has 0 aromatic rings. The quantitative estimate of drug-likeness (QED) is 0.483. The van der Waals surface area contributed by atoms with Crippen LogP contribution in [0, 0.1) is 47.3 Å². The zero-order valence-corrected chi connectivity index (χ0v) is 18.0. The Balaban J connectivity index is 0.000000170. The molecule has 2 saturated heterocycles. The lowest BCUT2D eigenvalue weighted by molar-refractivity contribution is -0.144. The van der Waals surface area contributed by atoms with Crippen LogP contribution in [0.5, 0.6) is 0 Å². The predicted octanol–water partition coefficient (Wildman–Crippen LogP) is 3.68. The van der Waals surface area contributed by atoms with Crippen LogP contribution in [0.3, 0.4) is 0 Å². The summed E-state index contributed by atoms with van der Waals surface area (Å²) >= 11 is 0. The number of nitrogens with zero attached hydrogens (tertiary/aromatic N) is 2. The number of amides is 4. The molecule has 6 aliphatic rings. The highest BCUT2D eigenvalue weighted by Gasteiger charge is 2.60. The fourth-order valence-electron chi connectivity index (χ4n) is 6.87. The van der Waals surface area contributed by atoms with E-state index in [4.69, 9.17) is 0 Å². The average Bonchev–Trinajstić information content (AvgIpc) is 3.48. The van der Waals surface area contributed by atoms with Crippen LogP contribution in [0.1, 0.15) is 55.4 Å². The second-order valence-corrected chi connectivity index (χ2v) is 10.3. The van der Waals surface area contributed by atoms with E-state index in [2.05, 4.69) is 24.3 Å². The van der Waals surface area contributed by atoms with Crippen LogP contribution in [-0.4, -0.2) is 45.5 Å². The Kier molecular flexibility index (Phi) is 6.31. The van der Waals surface area contributed by atoms with Crippen LogP contribution in [-0.2, 0) is 19.2 Å². The van der Waals surface area contributed by atoms with Crippen LogP contribution in [0.25, 0.3) is 0 Å². The molecule has 0 aromatic carbocycles. The number of hydrogen-bond acceptors (Lipinski definition) is 4. The first kappa shape index (κ1) is 24.4. The van der Waals surface area contributed by atoms with Gasteiger partial charge in [-0.2, -0.15) is 0 Å². The number of hydrogen-bond donors (Lipinski definition) is 0. The van der Waals surface area contributed by atoms with Gasteiger partial charge in [0.05, 0.1) is 23.7 Å². The van der Waals surface area contributed by atoms with Crippen molar-refractivity contribution in [3.05, 3.63) is 24.3 Å². The molecule has 6 nitrogen and oxygen atoms in total. The van der Waals surface area contributed by atoms with Crippen LogP contribution in [0.2, 0.25) is 0 Å². The van der Waals surface area contributed by atoms with Gasteiger partial charge in [-0.25, -0.2) is 0 Å². The largest absolute Gasteiger partial charge is 0.280 e. The molecule has 6 rings (SSSR count). The molecule has 8 atom stereocenters. The van der Waals surface area contributed by atoms with Crippen LogP contribution < -0.4 is 0 Å². The molecule has 0 N–H and O–H groups in total. The summed E-state index contributed by atoms with van der Waals surface area (Å²) < 4.78 is 0. The van der Waals surface area contributed by atoms with Gasteiger partial charge >= 0.3 is 0 Å². The molecule has 2 heterocycles. The molecule has 32 heavy (non-hydrogen) atoms. The van der Waals surface area contributed by atoms with Gasteiger partial charge in [0.1, 0.15) is 0 Å². The van der Waals surface area contributed by atoms with E-state index in [1.165, 1.54) is 9.80 Å². The third kappa shape index (κ3) is 3.12. The zero-order valence-electron chi connectivity index (χ0n) is 18.0. The fourth-order valence-corrected chi connectivity index (χ4v) is 6.87. The molecule has 4 fully saturated rings. The van der Waals surface area contributed by atoms with Gasteiger partial charge in [-0.05, 0) is 64.2 Å². The molecular formula is C26H38N2O4. The summed E-state index contributed by atoms with van der Waals surface area (Å²) in [5.74, 6) is 1.47. The third-order valence-corrected chi connectivity index (χ3v) is 8.04. The van der Waals surface area contributed by atoms with Crippen LogP contribution in [0.15, 0.2) is 24.3 Å². The second-order valence-electron chi connectivity index (χ2n) is 10.3. The normalized spacial score (nSPS) is 39.6. The molecular weight excluding hydrogens is 404 g/mol. The first-order valence-electron chi connectivity index (χ1n) is 11.3. The average molecular weight is 443 g/mol. The molecule has 2 aliphatic heterocycles. The van der Waals surface area contributed by atoms with Gasteiger partial charge in [-0.3, -0.25) is 29.0 Å². The van der Waals surface area contributed by atoms with Crippen molar-refractivity contribution < 1.29 is 19.2 Å². The number of fused-ring (bicyclic) bond motifs is 10. The summed E-state index contributed by atoms with van der Waals surface area (Å²) in [7, 11) is 0. The van der Waals surface area contributed by atoms with Crippen molar-refractivity contribution in [1.82, 2.24) is 9.80 Å². The zero-order chi connectivity index (χ0) is 21.5. The number of imide groups is 2. The Hall–Kier alpha value is -2.24. The minimum Gasteiger partial charge on any atom is -0.280 e. The Morgan fingerprint density at radius 2 is 0.781 bits per heavy atom. The van der Waals surface area contributed by atoms with Crippen molar-refractivity contribution in [3.63, 3.8) is 0 Å². The number of carbonyl (C=O) groups is 4. The molecule has 176 valence electrons. The maximum Gasteiger partial charge on any atom is 0.233 e. The number of likely N-dealkylation sites (tertiary alicyclic amines) is 2. The summed E-state index contributed by atoms with van der Waals surface area (Å²) in [4.78, 5) is 51.3. The molecule has 2 saturated carbocycles. The monoisotopic (exact) mass is 442 g/mol. The predicted molar refractivity (Wildman–Crippen MR) is 123 cm³/mol. The molecule has 4 amide bonds. The van der Waals surface area contributed by atoms with Gasteiger partial charge in [0.25, 0.3) is 0 Å².